The molecule has 0 radical (unpaired) electrons. The molecule has 0 saturated carbocycles. The first kappa shape index (κ1) is 11.7. The Morgan fingerprint density at radius 1 is 1.62 bits per heavy atom. The van der Waals surface area contributed by atoms with E-state index in [1.807, 2.05) is 23.9 Å². The lowest BCUT2D eigenvalue weighted by Gasteiger charge is -2.08. The van der Waals surface area contributed by atoms with E-state index in [1.54, 1.807) is 6.20 Å². The van der Waals surface area contributed by atoms with Crippen LogP contribution in [0.1, 0.15) is 18.4 Å². The summed E-state index contributed by atoms with van der Waals surface area (Å²) in [6.07, 6.45) is 4.65. The summed E-state index contributed by atoms with van der Waals surface area (Å²) in [5.74, 6) is 8.09. The molecule has 1 aliphatic rings. The number of aromatic nitrogens is 1. The molecule has 1 atom stereocenters. The lowest BCUT2D eigenvalue weighted by molar-refractivity contribution is 0.129. The van der Waals surface area contributed by atoms with Gasteiger partial charge in [0.15, 0.2) is 0 Å². The molecular formula is C11H17N3OS. The fourth-order valence-corrected chi connectivity index (χ4v) is 2.79. The molecule has 1 aliphatic heterocycles. The number of thioether (sulfide) groups is 1. The van der Waals surface area contributed by atoms with Crippen molar-refractivity contribution in [2.24, 2.45) is 5.84 Å². The molecule has 4 nitrogen and oxygen atoms in total. The minimum atomic E-state index is 0.457. The van der Waals surface area contributed by atoms with Gasteiger partial charge in [0, 0.05) is 24.3 Å². The molecule has 1 aromatic heterocycles. The van der Waals surface area contributed by atoms with Crippen molar-refractivity contribution < 1.29 is 4.74 Å². The van der Waals surface area contributed by atoms with Crippen molar-refractivity contribution in [3.63, 3.8) is 0 Å². The van der Waals surface area contributed by atoms with Gasteiger partial charge in [-0.05, 0) is 30.5 Å². The van der Waals surface area contributed by atoms with Gasteiger partial charge in [0.2, 0.25) is 0 Å². The number of nitrogens with one attached hydrogen (secondary N) is 1. The summed E-state index contributed by atoms with van der Waals surface area (Å²) in [5, 5.41) is 0. The van der Waals surface area contributed by atoms with Crippen LogP contribution in [0.5, 0.6) is 0 Å². The zero-order chi connectivity index (χ0) is 11.2. The second-order valence-electron chi connectivity index (χ2n) is 3.84. The number of hydrogen-bond acceptors (Lipinski definition) is 5. The standard InChI is InChI=1S/C11H17N3OS/c12-14-11-6-9(3-4-13-11)7-16-8-10-2-1-5-15-10/h3-4,6,10H,1-2,5,7-8,12H2,(H,13,14). The molecule has 1 aromatic rings. The first-order valence-electron chi connectivity index (χ1n) is 5.49. The van der Waals surface area contributed by atoms with Crippen LogP contribution in [0.15, 0.2) is 18.3 Å². The molecule has 3 N–H and O–H groups in total. The van der Waals surface area contributed by atoms with E-state index in [9.17, 15) is 0 Å². The lowest BCUT2D eigenvalue weighted by atomic mass is 10.3. The second kappa shape index (κ2) is 6.08. The first-order chi connectivity index (χ1) is 7.88. The predicted molar refractivity (Wildman–Crippen MR) is 67.2 cm³/mol. The van der Waals surface area contributed by atoms with Crippen LogP contribution in [0.4, 0.5) is 5.82 Å². The third-order valence-electron chi connectivity index (χ3n) is 2.57. The molecule has 88 valence electrons. The summed E-state index contributed by atoms with van der Waals surface area (Å²) in [4.78, 5) is 4.07. The van der Waals surface area contributed by atoms with Gasteiger partial charge in [0.25, 0.3) is 0 Å². The predicted octanol–water partition coefficient (Wildman–Crippen LogP) is 1.78. The molecule has 0 aliphatic carbocycles. The molecule has 2 heterocycles. The summed E-state index contributed by atoms with van der Waals surface area (Å²) in [7, 11) is 0. The maximum Gasteiger partial charge on any atom is 0.140 e. The van der Waals surface area contributed by atoms with Crippen LogP contribution in [0.2, 0.25) is 0 Å². The third kappa shape index (κ3) is 3.37. The molecule has 1 fully saturated rings. The Kier molecular flexibility index (Phi) is 4.44. The maximum atomic E-state index is 5.57. The molecular weight excluding hydrogens is 222 g/mol. The van der Waals surface area contributed by atoms with E-state index in [0.717, 1.165) is 23.9 Å². The van der Waals surface area contributed by atoms with E-state index in [1.165, 1.54) is 18.4 Å². The highest BCUT2D eigenvalue weighted by molar-refractivity contribution is 7.98. The van der Waals surface area contributed by atoms with Crippen LogP contribution in [0.3, 0.4) is 0 Å². The first-order valence-corrected chi connectivity index (χ1v) is 6.65. The summed E-state index contributed by atoms with van der Waals surface area (Å²) >= 11 is 1.90. The zero-order valence-corrected chi connectivity index (χ0v) is 10.0. The highest BCUT2D eigenvalue weighted by atomic mass is 32.2. The van der Waals surface area contributed by atoms with Crippen LogP contribution in [0, 0.1) is 0 Å². The topological polar surface area (TPSA) is 60.2 Å². The number of pyridine rings is 1. The van der Waals surface area contributed by atoms with Gasteiger partial charge < -0.3 is 10.2 Å². The molecule has 5 heteroatoms. The van der Waals surface area contributed by atoms with E-state index in [4.69, 9.17) is 10.6 Å². The Bertz CT molecular complexity index is 329. The van der Waals surface area contributed by atoms with E-state index in [-0.39, 0.29) is 0 Å². The van der Waals surface area contributed by atoms with Crippen molar-refractivity contribution in [1.29, 1.82) is 0 Å². The Hall–Kier alpha value is -0.780. The van der Waals surface area contributed by atoms with Gasteiger partial charge in [-0.3, -0.25) is 0 Å². The average Bonchev–Trinajstić information content (AvgIpc) is 2.82. The summed E-state index contributed by atoms with van der Waals surface area (Å²) in [5.41, 5.74) is 3.80. The Morgan fingerprint density at radius 3 is 3.31 bits per heavy atom. The summed E-state index contributed by atoms with van der Waals surface area (Å²) < 4.78 is 5.57. The largest absolute Gasteiger partial charge is 0.377 e. The van der Waals surface area contributed by atoms with Crippen LogP contribution in [0.25, 0.3) is 0 Å². The van der Waals surface area contributed by atoms with Crippen LogP contribution in [-0.4, -0.2) is 23.4 Å². The van der Waals surface area contributed by atoms with Gasteiger partial charge >= 0.3 is 0 Å². The molecule has 0 aromatic carbocycles. The van der Waals surface area contributed by atoms with E-state index >= 15 is 0 Å². The summed E-state index contributed by atoms with van der Waals surface area (Å²) in [6.45, 7) is 0.932. The minimum Gasteiger partial charge on any atom is -0.377 e. The number of hydrazine groups is 1. The van der Waals surface area contributed by atoms with E-state index < -0.39 is 0 Å². The van der Waals surface area contributed by atoms with Crippen LogP contribution >= 0.6 is 11.8 Å². The lowest BCUT2D eigenvalue weighted by Crippen LogP contribution is -2.09. The van der Waals surface area contributed by atoms with Crippen LogP contribution in [-0.2, 0) is 10.5 Å². The Balaban J connectivity index is 1.75. The normalized spacial score (nSPS) is 19.9. The molecule has 0 amide bonds. The van der Waals surface area contributed by atoms with Gasteiger partial charge in [0.1, 0.15) is 5.82 Å². The van der Waals surface area contributed by atoms with Crippen molar-refractivity contribution >= 4 is 17.6 Å². The average molecular weight is 239 g/mol. The van der Waals surface area contributed by atoms with Gasteiger partial charge in [0.05, 0.1) is 6.10 Å². The highest BCUT2D eigenvalue weighted by Crippen LogP contribution is 2.20. The monoisotopic (exact) mass is 239 g/mol. The highest BCUT2D eigenvalue weighted by Gasteiger charge is 2.14. The smallest absolute Gasteiger partial charge is 0.140 e. The summed E-state index contributed by atoms with van der Waals surface area (Å²) in [6, 6.07) is 3.99. The quantitative estimate of drug-likeness (QED) is 0.606. The van der Waals surface area contributed by atoms with E-state index in [0.29, 0.717) is 6.10 Å². The number of rotatable bonds is 5. The maximum absolute atomic E-state index is 5.57. The number of nitrogens with two attached hydrogens (primary N) is 1. The van der Waals surface area contributed by atoms with Crippen molar-refractivity contribution in [2.75, 3.05) is 17.8 Å². The van der Waals surface area contributed by atoms with Crippen molar-refractivity contribution in [3.8, 4) is 0 Å². The van der Waals surface area contributed by atoms with Crippen molar-refractivity contribution in [1.82, 2.24) is 4.98 Å². The number of nitrogens with zero attached hydrogens (tertiary/aromatic N) is 1. The molecule has 0 spiro atoms. The fraction of sp³-hybridized carbons (Fsp3) is 0.545. The molecule has 2 rings (SSSR count). The molecule has 16 heavy (non-hydrogen) atoms. The van der Waals surface area contributed by atoms with Crippen LogP contribution < -0.4 is 11.3 Å². The molecule has 1 saturated heterocycles. The fourth-order valence-electron chi connectivity index (χ4n) is 1.73. The third-order valence-corrected chi connectivity index (χ3v) is 3.71. The van der Waals surface area contributed by atoms with Gasteiger partial charge in [-0.2, -0.15) is 11.8 Å². The van der Waals surface area contributed by atoms with E-state index in [2.05, 4.69) is 10.4 Å². The SMILES string of the molecule is NNc1cc(CSCC2CCCO2)ccn1. The zero-order valence-electron chi connectivity index (χ0n) is 9.19. The number of ether oxygens (including phenoxy) is 1. The van der Waals surface area contributed by atoms with Crippen molar-refractivity contribution in [3.05, 3.63) is 23.9 Å². The molecule has 0 bridgehead atoms. The minimum absolute atomic E-state index is 0.457. The van der Waals surface area contributed by atoms with Crippen molar-refractivity contribution in [2.45, 2.75) is 24.7 Å². The van der Waals surface area contributed by atoms with Gasteiger partial charge in [-0.1, -0.05) is 0 Å². The number of hydrogen-bond donors (Lipinski definition) is 2. The number of nitrogen functional groups attached to an aromatic ring is 1. The van der Waals surface area contributed by atoms with Gasteiger partial charge in [-0.25, -0.2) is 10.8 Å². The Morgan fingerprint density at radius 2 is 2.56 bits per heavy atom. The Labute approximate surface area is 99.9 Å². The number of anilines is 1. The van der Waals surface area contributed by atoms with Gasteiger partial charge in [-0.15, -0.1) is 0 Å². The second-order valence-corrected chi connectivity index (χ2v) is 4.87. The molecule has 1 unspecified atom stereocenters.